The van der Waals surface area contributed by atoms with Crippen molar-refractivity contribution >= 4 is 23.2 Å². The van der Waals surface area contributed by atoms with Crippen LogP contribution in [0.2, 0.25) is 10.0 Å². The van der Waals surface area contributed by atoms with Crippen LogP contribution < -0.4 is 19.5 Å². The molecule has 1 aromatic heterocycles. The zero-order valence-electron chi connectivity index (χ0n) is 29.2. The van der Waals surface area contributed by atoms with E-state index in [1.807, 2.05) is 42.2 Å². The minimum absolute atomic E-state index is 0.0648. The van der Waals surface area contributed by atoms with Crippen molar-refractivity contribution in [1.82, 2.24) is 15.2 Å². The molecule has 4 aromatic rings. The van der Waals surface area contributed by atoms with Crippen molar-refractivity contribution in [3.05, 3.63) is 105 Å². The molecule has 11 nitrogen and oxygen atoms in total. The van der Waals surface area contributed by atoms with Gasteiger partial charge in [-0.2, -0.15) is 5.26 Å². The molecule has 1 fully saturated rings. The molecule has 0 aliphatic carbocycles. The Bertz CT molecular complexity index is 1870. The van der Waals surface area contributed by atoms with Crippen LogP contribution >= 0.6 is 23.2 Å². The lowest BCUT2D eigenvalue weighted by Crippen LogP contribution is -2.48. The Labute approximate surface area is 313 Å². The van der Waals surface area contributed by atoms with E-state index in [0.717, 1.165) is 28.8 Å². The van der Waals surface area contributed by atoms with Crippen LogP contribution in [-0.4, -0.2) is 87.5 Å². The third-order valence-corrected chi connectivity index (χ3v) is 9.75. The number of halogens is 2. The number of benzene rings is 3. The molecule has 0 saturated carbocycles. The third kappa shape index (κ3) is 10.1. The van der Waals surface area contributed by atoms with E-state index in [4.69, 9.17) is 37.4 Å². The van der Waals surface area contributed by atoms with Crippen molar-refractivity contribution in [3.8, 4) is 34.4 Å². The number of nitrogens with zero attached hydrogens (tertiary/aromatic N) is 3. The summed E-state index contributed by atoms with van der Waals surface area (Å²) in [7, 11) is 0. The van der Waals surface area contributed by atoms with Gasteiger partial charge in [0, 0.05) is 61.3 Å². The summed E-state index contributed by atoms with van der Waals surface area (Å²) in [5.41, 5.74) is 4.36. The van der Waals surface area contributed by atoms with Crippen molar-refractivity contribution in [3.63, 3.8) is 0 Å². The molecule has 5 N–H and O–H groups in total. The second-order valence-electron chi connectivity index (χ2n) is 13.3. The van der Waals surface area contributed by atoms with Crippen molar-refractivity contribution in [1.29, 1.82) is 5.26 Å². The molecule has 52 heavy (non-hydrogen) atoms. The van der Waals surface area contributed by atoms with E-state index >= 15 is 0 Å². The molecule has 1 aliphatic rings. The smallest absolute Gasteiger partial charge is 0.142 e. The number of rotatable bonds is 17. The molecule has 1 aliphatic heterocycles. The molecule has 1 saturated heterocycles. The molecule has 2 atom stereocenters. The summed E-state index contributed by atoms with van der Waals surface area (Å²) in [6.45, 7) is 5.43. The van der Waals surface area contributed by atoms with Crippen LogP contribution in [0, 0.1) is 18.3 Å². The Morgan fingerprint density at radius 2 is 1.73 bits per heavy atom. The second-order valence-corrected chi connectivity index (χ2v) is 14.1. The van der Waals surface area contributed by atoms with Crippen molar-refractivity contribution in [2.24, 2.45) is 0 Å². The minimum atomic E-state index is -0.930. The number of ether oxygens (including phenoxy) is 3. The molecule has 2 unspecified atom stereocenters. The SMILES string of the molecule is Cc1c(COc2cc(OCc3cncc(C#N)c3)c(CNC(C)(CO)CO)cc2Cl)cccc1-c1cccc(OCC(O)CN2CCC(O)C2)c1Cl. The number of nitrogens with one attached hydrogen (secondary N) is 1. The first kappa shape index (κ1) is 39.3. The van der Waals surface area contributed by atoms with Gasteiger partial charge >= 0.3 is 0 Å². The fraction of sp³-hybridized carbons (Fsp3) is 0.385. The highest BCUT2D eigenvalue weighted by molar-refractivity contribution is 6.35. The van der Waals surface area contributed by atoms with E-state index < -0.39 is 11.6 Å². The summed E-state index contributed by atoms with van der Waals surface area (Å²) in [5, 5.41) is 53.1. The van der Waals surface area contributed by atoms with Gasteiger partial charge in [0.1, 0.15) is 49.2 Å². The van der Waals surface area contributed by atoms with Gasteiger partial charge in [-0.3, -0.25) is 9.88 Å². The maximum absolute atomic E-state index is 10.5. The van der Waals surface area contributed by atoms with E-state index in [0.29, 0.717) is 63.5 Å². The van der Waals surface area contributed by atoms with Crippen LogP contribution in [0.3, 0.4) is 0 Å². The monoisotopic (exact) mass is 750 g/mol. The third-order valence-electron chi connectivity index (χ3n) is 9.07. The number of nitriles is 1. The van der Waals surface area contributed by atoms with Gasteiger partial charge < -0.3 is 40.0 Å². The van der Waals surface area contributed by atoms with Gasteiger partial charge in [0.15, 0.2) is 0 Å². The predicted molar refractivity (Wildman–Crippen MR) is 199 cm³/mol. The average molecular weight is 752 g/mol. The zero-order chi connectivity index (χ0) is 37.3. The zero-order valence-corrected chi connectivity index (χ0v) is 30.7. The molecule has 3 aromatic carbocycles. The van der Waals surface area contributed by atoms with Crippen molar-refractivity contribution < 1.29 is 34.6 Å². The number of aliphatic hydroxyl groups is 4. The molecule has 0 radical (unpaired) electrons. The van der Waals surface area contributed by atoms with E-state index in [1.54, 1.807) is 37.4 Å². The lowest BCUT2D eigenvalue weighted by atomic mass is 9.96. The number of likely N-dealkylation sites (tertiary alicyclic amines) is 1. The number of pyridine rings is 1. The highest BCUT2D eigenvalue weighted by Gasteiger charge is 2.24. The Morgan fingerprint density at radius 1 is 0.981 bits per heavy atom. The first-order chi connectivity index (χ1) is 25.0. The van der Waals surface area contributed by atoms with Gasteiger partial charge in [0.05, 0.1) is 40.5 Å². The highest BCUT2D eigenvalue weighted by atomic mass is 35.5. The van der Waals surface area contributed by atoms with Gasteiger partial charge in [-0.15, -0.1) is 0 Å². The molecular weight excluding hydrogens is 707 g/mol. The van der Waals surface area contributed by atoms with Gasteiger partial charge in [-0.05, 0) is 55.2 Å². The van der Waals surface area contributed by atoms with Crippen molar-refractivity contribution in [2.75, 3.05) is 39.5 Å². The second kappa shape index (κ2) is 18.2. The van der Waals surface area contributed by atoms with Crippen LogP contribution in [0.1, 0.15) is 41.2 Å². The summed E-state index contributed by atoms with van der Waals surface area (Å²) < 4.78 is 18.4. The molecule has 276 valence electrons. The van der Waals surface area contributed by atoms with Crippen LogP contribution in [0.5, 0.6) is 17.2 Å². The van der Waals surface area contributed by atoms with E-state index in [1.165, 1.54) is 6.20 Å². The van der Waals surface area contributed by atoms with Crippen LogP contribution in [-0.2, 0) is 19.8 Å². The standard InChI is InChI=1S/C39H44Cl2N4O7/c1-25-28(5-3-6-32(25)33-7-4-8-35(38(33)41)52-22-31(49)19-45-10-9-30(48)18-45)21-51-37-13-36(50-20-27-11-26(14-42)15-43-16-27)29(12-34(37)40)17-44-39(2,23-46)24-47/h3-8,11-13,15-16,30-31,44,46-49H,9-10,17-24H2,1-2H3. The number of aromatic nitrogens is 1. The average Bonchev–Trinajstić information content (AvgIpc) is 3.56. The highest BCUT2D eigenvalue weighted by Crippen LogP contribution is 2.39. The van der Waals surface area contributed by atoms with Gasteiger partial charge in [0.2, 0.25) is 0 Å². The first-order valence-corrected chi connectivity index (χ1v) is 17.8. The maximum Gasteiger partial charge on any atom is 0.142 e. The van der Waals surface area contributed by atoms with Gasteiger partial charge in [-0.1, -0.05) is 53.5 Å². The van der Waals surface area contributed by atoms with Gasteiger partial charge in [0.25, 0.3) is 0 Å². The number of β-amino-alcohol motifs (C(OH)–C–C–N with tert-alkyl or cyclic N) is 2. The molecule has 5 rings (SSSR count). The minimum Gasteiger partial charge on any atom is -0.489 e. The Hall–Kier alpha value is -3.96. The lowest BCUT2D eigenvalue weighted by molar-refractivity contribution is 0.0708. The molecule has 13 heteroatoms. The van der Waals surface area contributed by atoms with E-state index in [2.05, 4.69) is 16.4 Å². The Balaban J connectivity index is 1.32. The topological polar surface area (TPSA) is 161 Å². The largest absolute Gasteiger partial charge is 0.489 e. The number of hydrogen-bond acceptors (Lipinski definition) is 11. The number of aliphatic hydroxyl groups excluding tert-OH is 4. The molecular formula is C39H44Cl2N4O7. The lowest BCUT2D eigenvalue weighted by Gasteiger charge is -2.27. The quantitative estimate of drug-likeness (QED) is 0.0985. The maximum atomic E-state index is 10.5. The normalized spacial score (nSPS) is 15.3. The Morgan fingerprint density at radius 3 is 2.46 bits per heavy atom. The van der Waals surface area contributed by atoms with E-state index in [-0.39, 0.29) is 45.7 Å². The van der Waals surface area contributed by atoms with Crippen LogP contribution in [0.25, 0.3) is 11.1 Å². The number of hydrogen-bond donors (Lipinski definition) is 5. The molecule has 0 bridgehead atoms. The predicted octanol–water partition coefficient (Wildman–Crippen LogP) is 5.03. The molecule has 0 amide bonds. The van der Waals surface area contributed by atoms with E-state index in [9.17, 15) is 25.7 Å². The summed E-state index contributed by atoms with van der Waals surface area (Å²) in [6, 6.07) is 18.6. The van der Waals surface area contributed by atoms with Gasteiger partial charge in [-0.25, -0.2) is 0 Å². The molecule has 2 heterocycles. The fourth-order valence-corrected chi connectivity index (χ4v) is 6.37. The first-order valence-electron chi connectivity index (χ1n) is 17.0. The summed E-state index contributed by atoms with van der Waals surface area (Å²) in [4.78, 5) is 6.12. The van der Waals surface area contributed by atoms with Crippen LogP contribution in [0.4, 0.5) is 0 Å². The van der Waals surface area contributed by atoms with Crippen molar-refractivity contribution in [2.45, 2.75) is 57.8 Å². The Kier molecular flexibility index (Phi) is 13.7. The fourth-order valence-electron chi connectivity index (χ4n) is 5.85. The summed E-state index contributed by atoms with van der Waals surface area (Å²) in [6.07, 6.45) is 2.71. The summed E-state index contributed by atoms with van der Waals surface area (Å²) >= 11 is 13.6. The summed E-state index contributed by atoms with van der Waals surface area (Å²) in [5.74, 6) is 1.31. The molecule has 0 spiro atoms. The van der Waals surface area contributed by atoms with Crippen LogP contribution in [0.15, 0.2) is 67.0 Å².